The lowest BCUT2D eigenvalue weighted by Gasteiger charge is -2.03. The van der Waals surface area contributed by atoms with Crippen LogP contribution in [0.5, 0.6) is 11.5 Å². The molecule has 5 nitrogen and oxygen atoms in total. The first-order valence-corrected chi connectivity index (χ1v) is 6.80. The van der Waals surface area contributed by atoms with Crippen molar-refractivity contribution in [3.05, 3.63) is 59.7 Å². The molecular weight excluding hydrogens is 280 g/mol. The topological polar surface area (TPSA) is 59.9 Å². The first-order valence-electron chi connectivity index (χ1n) is 6.80. The SMILES string of the molecule is COc1ccc(CC(=O)N/N=C/c2cccc(OC)c2)cc1. The lowest BCUT2D eigenvalue weighted by Crippen LogP contribution is -2.19. The first-order chi connectivity index (χ1) is 10.7. The van der Waals surface area contributed by atoms with E-state index in [1.165, 1.54) is 0 Å². The molecule has 0 spiro atoms. The van der Waals surface area contributed by atoms with Crippen molar-refractivity contribution in [1.82, 2.24) is 5.43 Å². The fourth-order valence-corrected chi connectivity index (χ4v) is 1.87. The molecular formula is C17H18N2O3. The van der Waals surface area contributed by atoms with Gasteiger partial charge in [-0.3, -0.25) is 4.79 Å². The van der Waals surface area contributed by atoms with Crippen molar-refractivity contribution in [3.63, 3.8) is 0 Å². The molecule has 5 heteroatoms. The molecule has 1 amide bonds. The van der Waals surface area contributed by atoms with Crippen molar-refractivity contribution in [1.29, 1.82) is 0 Å². The second kappa shape index (κ2) is 7.83. The van der Waals surface area contributed by atoms with Gasteiger partial charge in [0.05, 0.1) is 26.9 Å². The molecule has 0 aliphatic carbocycles. The highest BCUT2D eigenvalue weighted by Gasteiger charge is 2.02. The van der Waals surface area contributed by atoms with Gasteiger partial charge in [-0.15, -0.1) is 0 Å². The number of carbonyl (C=O) groups excluding carboxylic acids is 1. The molecule has 2 aromatic carbocycles. The molecule has 2 aromatic rings. The third-order valence-electron chi connectivity index (χ3n) is 3.02. The summed E-state index contributed by atoms with van der Waals surface area (Å²) in [5.41, 5.74) is 4.25. The van der Waals surface area contributed by atoms with Crippen molar-refractivity contribution in [2.45, 2.75) is 6.42 Å². The van der Waals surface area contributed by atoms with Gasteiger partial charge >= 0.3 is 0 Å². The number of hydrogen-bond acceptors (Lipinski definition) is 4. The van der Waals surface area contributed by atoms with Gasteiger partial charge < -0.3 is 9.47 Å². The van der Waals surface area contributed by atoms with E-state index in [0.29, 0.717) is 0 Å². The zero-order chi connectivity index (χ0) is 15.8. The van der Waals surface area contributed by atoms with Crippen LogP contribution < -0.4 is 14.9 Å². The second-order valence-electron chi connectivity index (χ2n) is 4.59. The summed E-state index contributed by atoms with van der Waals surface area (Å²) < 4.78 is 10.2. The van der Waals surface area contributed by atoms with E-state index in [1.54, 1.807) is 20.4 Å². The van der Waals surface area contributed by atoms with Gasteiger partial charge in [0, 0.05) is 0 Å². The number of benzene rings is 2. The number of hydrazone groups is 1. The van der Waals surface area contributed by atoms with E-state index in [1.807, 2.05) is 48.5 Å². The lowest BCUT2D eigenvalue weighted by molar-refractivity contribution is -0.120. The molecule has 0 aliphatic rings. The van der Waals surface area contributed by atoms with Crippen molar-refractivity contribution < 1.29 is 14.3 Å². The molecule has 0 unspecified atom stereocenters. The van der Waals surface area contributed by atoms with Crippen LogP contribution in [0.25, 0.3) is 0 Å². The molecule has 0 saturated heterocycles. The van der Waals surface area contributed by atoms with Gasteiger partial charge in [0.25, 0.3) is 0 Å². The monoisotopic (exact) mass is 298 g/mol. The summed E-state index contributed by atoms with van der Waals surface area (Å²) in [6, 6.07) is 14.8. The normalized spacial score (nSPS) is 10.5. The van der Waals surface area contributed by atoms with Crippen LogP contribution in [-0.2, 0) is 11.2 Å². The third kappa shape index (κ3) is 4.63. The molecule has 0 aromatic heterocycles. The number of hydrogen-bond donors (Lipinski definition) is 1. The Morgan fingerprint density at radius 1 is 1.09 bits per heavy atom. The van der Waals surface area contributed by atoms with Gasteiger partial charge in [0.2, 0.25) is 5.91 Å². The van der Waals surface area contributed by atoms with E-state index in [-0.39, 0.29) is 12.3 Å². The zero-order valence-corrected chi connectivity index (χ0v) is 12.6. The van der Waals surface area contributed by atoms with Crippen LogP contribution in [0.1, 0.15) is 11.1 Å². The zero-order valence-electron chi connectivity index (χ0n) is 12.6. The highest BCUT2D eigenvalue weighted by atomic mass is 16.5. The highest BCUT2D eigenvalue weighted by molar-refractivity contribution is 5.83. The smallest absolute Gasteiger partial charge is 0.244 e. The van der Waals surface area contributed by atoms with Crippen LogP contribution >= 0.6 is 0 Å². The molecule has 0 radical (unpaired) electrons. The average molecular weight is 298 g/mol. The van der Waals surface area contributed by atoms with Crippen molar-refractivity contribution in [2.24, 2.45) is 5.10 Å². The number of rotatable bonds is 6. The Bertz CT molecular complexity index is 651. The molecule has 22 heavy (non-hydrogen) atoms. The van der Waals surface area contributed by atoms with E-state index >= 15 is 0 Å². The van der Waals surface area contributed by atoms with Gasteiger partial charge in [-0.2, -0.15) is 5.10 Å². The van der Waals surface area contributed by atoms with Crippen LogP contribution in [0.2, 0.25) is 0 Å². The number of amides is 1. The number of nitrogens with zero attached hydrogens (tertiary/aromatic N) is 1. The lowest BCUT2D eigenvalue weighted by atomic mass is 10.1. The maximum atomic E-state index is 11.8. The molecule has 2 rings (SSSR count). The van der Waals surface area contributed by atoms with Crippen LogP contribution in [0.3, 0.4) is 0 Å². The molecule has 0 saturated carbocycles. The largest absolute Gasteiger partial charge is 0.497 e. The summed E-state index contributed by atoms with van der Waals surface area (Å²) in [7, 11) is 3.21. The van der Waals surface area contributed by atoms with Crippen molar-refractivity contribution in [2.75, 3.05) is 14.2 Å². The molecule has 0 atom stereocenters. The predicted octanol–water partition coefficient (Wildman–Crippen LogP) is 2.40. The van der Waals surface area contributed by atoms with Crippen molar-refractivity contribution in [3.8, 4) is 11.5 Å². The number of nitrogens with one attached hydrogen (secondary N) is 1. The maximum Gasteiger partial charge on any atom is 0.244 e. The fourth-order valence-electron chi connectivity index (χ4n) is 1.87. The standard InChI is InChI=1S/C17H18N2O3/c1-21-15-8-6-13(7-9-15)11-17(20)19-18-12-14-4-3-5-16(10-14)22-2/h3-10,12H,11H2,1-2H3,(H,19,20)/b18-12+. The number of ether oxygens (including phenoxy) is 2. The molecule has 1 N–H and O–H groups in total. The van der Waals surface area contributed by atoms with Crippen LogP contribution in [-0.4, -0.2) is 26.3 Å². The minimum Gasteiger partial charge on any atom is -0.497 e. The van der Waals surface area contributed by atoms with Gasteiger partial charge in [-0.05, 0) is 35.4 Å². The Kier molecular flexibility index (Phi) is 5.54. The van der Waals surface area contributed by atoms with Gasteiger partial charge in [-0.25, -0.2) is 5.43 Å². The summed E-state index contributed by atoms with van der Waals surface area (Å²) in [5, 5.41) is 3.94. The predicted molar refractivity (Wildman–Crippen MR) is 85.4 cm³/mol. The Hall–Kier alpha value is -2.82. The Balaban J connectivity index is 1.87. The quantitative estimate of drug-likeness (QED) is 0.658. The number of methoxy groups -OCH3 is 2. The Morgan fingerprint density at radius 3 is 2.50 bits per heavy atom. The van der Waals surface area contributed by atoms with Crippen LogP contribution in [0.4, 0.5) is 0 Å². The molecule has 0 fully saturated rings. The molecule has 114 valence electrons. The van der Waals surface area contributed by atoms with E-state index in [2.05, 4.69) is 10.5 Å². The minimum absolute atomic E-state index is 0.177. The minimum atomic E-state index is -0.177. The maximum absolute atomic E-state index is 11.8. The van der Waals surface area contributed by atoms with Gasteiger partial charge in [-0.1, -0.05) is 24.3 Å². The molecule has 0 aliphatic heterocycles. The van der Waals surface area contributed by atoms with E-state index in [9.17, 15) is 4.79 Å². The summed E-state index contributed by atoms with van der Waals surface area (Å²) in [5.74, 6) is 1.33. The van der Waals surface area contributed by atoms with Gasteiger partial charge in [0.1, 0.15) is 11.5 Å². The first kappa shape index (κ1) is 15.6. The molecule has 0 heterocycles. The third-order valence-corrected chi connectivity index (χ3v) is 3.02. The van der Waals surface area contributed by atoms with E-state index < -0.39 is 0 Å². The average Bonchev–Trinajstić information content (AvgIpc) is 2.56. The molecule has 0 bridgehead atoms. The number of carbonyl (C=O) groups is 1. The Labute approximate surface area is 129 Å². The van der Waals surface area contributed by atoms with Crippen LogP contribution in [0.15, 0.2) is 53.6 Å². The fraction of sp³-hybridized carbons (Fsp3) is 0.176. The Morgan fingerprint density at radius 2 is 1.82 bits per heavy atom. The van der Waals surface area contributed by atoms with Crippen LogP contribution in [0, 0.1) is 0 Å². The van der Waals surface area contributed by atoms with Gasteiger partial charge in [0.15, 0.2) is 0 Å². The second-order valence-corrected chi connectivity index (χ2v) is 4.59. The summed E-state index contributed by atoms with van der Waals surface area (Å²) in [6.45, 7) is 0. The summed E-state index contributed by atoms with van der Waals surface area (Å²) >= 11 is 0. The van der Waals surface area contributed by atoms with E-state index in [4.69, 9.17) is 9.47 Å². The summed E-state index contributed by atoms with van der Waals surface area (Å²) in [6.07, 6.45) is 1.84. The van der Waals surface area contributed by atoms with Crippen molar-refractivity contribution >= 4 is 12.1 Å². The van der Waals surface area contributed by atoms with E-state index in [0.717, 1.165) is 22.6 Å². The summed E-state index contributed by atoms with van der Waals surface area (Å²) in [4.78, 5) is 11.8. The highest BCUT2D eigenvalue weighted by Crippen LogP contribution is 2.12.